The van der Waals surface area contributed by atoms with Gasteiger partial charge in [0.25, 0.3) is 0 Å². The molecule has 0 spiro atoms. The Morgan fingerprint density at radius 3 is 2.42 bits per heavy atom. The first-order chi connectivity index (χ1) is 12.2. The summed E-state index contributed by atoms with van der Waals surface area (Å²) in [4.78, 5) is 14.3. The number of benzene rings is 1. The standard InChI is InChI=1S/C20H28BNO4/c1-15-17(21-25-19(2,3)20(4,5)26-21)12-9-13-22(15)18(23)24-14-16-10-7-6-8-11-16/h6-8,10-12,15H,9,13-14H2,1-5H3. The molecule has 0 aliphatic carbocycles. The molecule has 26 heavy (non-hydrogen) atoms. The zero-order chi connectivity index (χ0) is 18.9. The highest BCUT2D eigenvalue weighted by Gasteiger charge is 2.53. The summed E-state index contributed by atoms with van der Waals surface area (Å²) in [6.07, 6.45) is 2.60. The maximum absolute atomic E-state index is 12.6. The maximum Gasteiger partial charge on any atom is 0.492 e. The second-order valence-corrected chi connectivity index (χ2v) is 7.99. The monoisotopic (exact) mass is 357 g/mol. The summed E-state index contributed by atoms with van der Waals surface area (Å²) in [5, 5.41) is 0. The summed E-state index contributed by atoms with van der Waals surface area (Å²) in [7, 11) is -0.431. The van der Waals surface area contributed by atoms with Crippen LogP contribution in [0.1, 0.15) is 46.6 Å². The van der Waals surface area contributed by atoms with Crippen LogP contribution in [0, 0.1) is 0 Å². The molecule has 0 saturated carbocycles. The van der Waals surface area contributed by atoms with Gasteiger partial charge in [0.05, 0.1) is 17.2 Å². The van der Waals surface area contributed by atoms with Crippen molar-refractivity contribution in [2.24, 2.45) is 0 Å². The zero-order valence-electron chi connectivity index (χ0n) is 16.3. The summed E-state index contributed by atoms with van der Waals surface area (Å²) >= 11 is 0. The number of nitrogens with zero attached hydrogens (tertiary/aromatic N) is 1. The molecule has 1 aromatic carbocycles. The minimum atomic E-state index is -0.431. The van der Waals surface area contributed by atoms with E-state index >= 15 is 0 Å². The van der Waals surface area contributed by atoms with Gasteiger partial charge in [-0.15, -0.1) is 0 Å². The van der Waals surface area contributed by atoms with Gasteiger partial charge in [0, 0.05) is 6.54 Å². The molecule has 1 atom stereocenters. The molecule has 1 fully saturated rings. The third-order valence-corrected chi connectivity index (χ3v) is 5.67. The van der Waals surface area contributed by atoms with Crippen LogP contribution in [0.3, 0.4) is 0 Å². The fourth-order valence-corrected chi connectivity index (χ4v) is 3.24. The molecule has 6 heteroatoms. The van der Waals surface area contributed by atoms with Crippen LogP contribution in [0.2, 0.25) is 0 Å². The van der Waals surface area contributed by atoms with E-state index in [1.807, 2.05) is 65.0 Å². The van der Waals surface area contributed by atoms with Gasteiger partial charge in [-0.2, -0.15) is 0 Å². The quantitative estimate of drug-likeness (QED) is 0.768. The fourth-order valence-electron chi connectivity index (χ4n) is 3.24. The van der Waals surface area contributed by atoms with Crippen molar-refractivity contribution in [3.8, 4) is 0 Å². The van der Waals surface area contributed by atoms with E-state index < -0.39 is 18.3 Å². The van der Waals surface area contributed by atoms with Gasteiger partial charge in [0.15, 0.2) is 0 Å². The summed E-state index contributed by atoms with van der Waals surface area (Å²) in [5.41, 5.74) is 1.18. The van der Waals surface area contributed by atoms with Crippen molar-refractivity contribution in [1.29, 1.82) is 0 Å². The molecule has 5 nitrogen and oxygen atoms in total. The lowest BCUT2D eigenvalue weighted by Gasteiger charge is -2.34. The molecule has 0 aromatic heterocycles. The molecule has 2 aliphatic rings. The van der Waals surface area contributed by atoms with Gasteiger partial charge in [0.1, 0.15) is 6.61 Å². The lowest BCUT2D eigenvalue weighted by Crippen LogP contribution is -2.46. The zero-order valence-corrected chi connectivity index (χ0v) is 16.3. The van der Waals surface area contributed by atoms with Gasteiger partial charge in [0.2, 0.25) is 0 Å². The molecular weight excluding hydrogens is 329 g/mol. The lowest BCUT2D eigenvalue weighted by atomic mass is 9.72. The molecule has 1 aromatic rings. The Balaban J connectivity index is 1.65. The maximum atomic E-state index is 12.6. The van der Waals surface area contributed by atoms with Crippen molar-refractivity contribution in [3.05, 3.63) is 47.4 Å². The number of rotatable bonds is 3. The van der Waals surface area contributed by atoms with E-state index in [1.165, 1.54) is 0 Å². The highest BCUT2D eigenvalue weighted by molar-refractivity contribution is 6.55. The summed E-state index contributed by atoms with van der Waals surface area (Å²) in [6.45, 7) is 11.1. The average molecular weight is 357 g/mol. The molecule has 2 heterocycles. The van der Waals surface area contributed by atoms with Crippen molar-refractivity contribution < 1.29 is 18.8 Å². The molecule has 0 bridgehead atoms. The molecular formula is C20H28BNO4. The van der Waals surface area contributed by atoms with Gasteiger partial charge in [-0.3, -0.25) is 0 Å². The van der Waals surface area contributed by atoms with Crippen molar-refractivity contribution in [2.75, 3.05) is 6.54 Å². The predicted molar refractivity (Wildman–Crippen MR) is 102 cm³/mol. The Kier molecular flexibility index (Phi) is 5.17. The largest absolute Gasteiger partial charge is 0.492 e. The first-order valence-electron chi connectivity index (χ1n) is 9.24. The van der Waals surface area contributed by atoms with Crippen LogP contribution in [0.4, 0.5) is 4.79 Å². The van der Waals surface area contributed by atoms with E-state index in [2.05, 4.69) is 6.08 Å². The second-order valence-electron chi connectivity index (χ2n) is 7.99. The molecule has 1 unspecified atom stereocenters. The highest BCUT2D eigenvalue weighted by Crippen LogP contribution is 2.40. The van der Waals surface area contributed by atoms with Crippen molar-refractivity contribution in [2.45, 2.75) is 64.9 Å². The smallest absolute Gasteiger partial charge is 0.445 e. The van der Waals surface area contributed by atoms with Gasteiger partial charge < -0.3 is 18.9 Å². The molecule has 0 N–H and O–H groups in total. The van der Waals surface area contributed by atoms with Gasteiger partial charge >= 0.3 is 13.2 Å². The van der Waals surface area contributed by atoms with E-state index in [4.69, 9.17) is 14.0 Å². The van der Waals surface area contributed by atoms with Crippen LogP contribution < -0.4 is 0 Å². The first-order valence-corrected chi connectivity index (χ1v) is 9.24. The van der Waals surface area contributed by atoms with Crippen LogP contribution in [0.15, 0.2) is 41.9 Å². The number of carbonyl (C=O) groups is 1. The Labute approximate surface area is 156 Å². The normalized spacial score (nSPS) is 24.3. The minimum absolute atomic E-state index is 0.123. The van der Waals surface area contributed by atoms with Crippen LogP contribution in [-0.4, -0.2) is 41.9 Å². The minimum Gasteiger partial charge on any atom is -0.445 e. The Morgan fingerprint density at radius 2 is 1.81 bits per heavy atom. The van der Waals surface area contributed by atoms with Crippen molar-refractivity contribution in [1.82, 2.24) is 4.90 Å². The Hall–Kier alpha value is -1.79. The molecule has 1 amide bonds. The topological polar surface area (TPSA) is 48.0 Å². The molecule has 140 valence electrons. The molecule has 1 saturated heterocycles. The van der Waals surface area contributed by atoms with Crippen LogP contribution in [0.25, 0.3) is 0 Å². The third-order valence-electron chi connectivity index (χ3n) is 5.67. The third kappa shape index (κ3) is 3.67. The van der Waals surface area contributed by atoms with Crippen LogP contribution in [0.5, 0.6) is 0 Å². The van der Waals surface area contributed by atoms with Crippen LogP contribution >= 0.6 is 0 Å². The van der Waals surface area contributed by atoms with E-state index in [1.54, 1.807) is 4.90 Å². The summed E-state index contributed by atoms with van der Waals surface area (Å²) in [6, 6.07) is 9.59. The molecule has 0 radical (unpaired) electrons. The van der Waals surface area contributed by atoms with Gasteiger partial charge in [-0.25, -0.2) is 4.79 Å². The van der Waals surface area contributed by atoms with Crippen LogP contribution in [-0.2, 0) is 20.7 Å². The summed E-state index contributed by atoms with van der Waals surface area (Å²) in [5.74, 6) is 0. The van der Waals surface area contributed by atoms with E-state index in [9.17, 15) is 4.79 Å². The number of carbonyl (C=O) groups excluding carboxylic acids is 1. The Morgan fingerprint density at radius 1 is 1.19 bits per heavy atom. The van der Waals surface area contributed by atoms with Crippen molar-refractivity contribution in [3.63, 3.8) is 0 Å². The molecule has 3 rings (SSSR count). The van der Waals surface area contributed by atoms with E-state index in [-0.39, 0.29) is 18.7 Å². The fraction of sp³-hybridized carbons (Fsp3) is 0.550. The van der Waals surface area contributed by atoms with Gasteiger partial charge in [-0.1, -0.05) is 36.4 Å². The average Bonchev–Trinajstić information content (AvgIpc) is 2.81. The molecule has 2 aliphatic heterocycles. The number of hydrogen-bond donors (Lipinski definition) is 0. The second kappa shape index (κ2) is 7.08. The van der Waals surface area contributed by atoms with Crippen molar-refractivity contribution >= 4 is 13.2 Å². The van der Waals surface area contributed by atoms with E-state index in [0.29, 0.717) is 6.54 Å². The highest BCUT2D eigenvalue weighted by atomic mass is 16.7. The lowest BCUT2D eigenvalue weighted by molar-refractivity contribution is 0.00578. The number of ether oxygens (including phenoxy) is 1. The predicted octanol–water partition coefficient (Wildman–Crippen LogP) is 3.98. The summed E-state index contributed by atoms with van der Waals surface area (Å²) < 4.78 is 17.8. The number of amides is 1. The Bertz CT molecular complexity index is 670. The number of hydrogen-bond acceptors (Lipinski definition) is 4. The van der Waals surface area contributed by atoms with E-state index in [0.717, 1.165) is 17.5 Å². The first kappa shape index (κ1) is 19.0. The van der Waals surface area contributed by atoms with Gasteiger partial charge in [-0.05, 0) is 52.1 Å². The SMILES string of the molecule is CC1C(B2OC(C)(C)C(C)(C)O2)=CCCN1C(=O)OCc1ccccc1.